The maximum Gasteiger partial charge on any atom is 0.295 e. The first-order valence-electron chi connectivity index (χ1n) is 8.81. The lowest BCUT2D eigenvalue weighted by Crippen LogP contribution is -2.34. The molecule has 0 radical (unpaired) electrons. The van der Waals surface area contributed by atoms with Crippen molar-refractivity contribution in [3.63, 3.8) is 0 Å². The van der Waals surface area contributed by atoms with Crippen LogP contribution in [-0.2, 0) is 27.8 Å². The summed E-state index contributed by atoms with van der Waals surface area (Å²) in [7, 11) is 4.85. The Hall–Kier alpha value is -0.950. The van der Waals surface area contributed by atoms with Gasteiger partial charge in [-0.25, -0.2) is 8.88 Å². The van der Waals surface area contributed by atoms with Crippen LogP contribution in [0.1, 0.15) is 0 Å². The molecule has 0 aliphatic carbocycles. The number of para-hydroxylation sites is 2. The number of hydrogen-bond donors (Lipinski definition) is 0. The second-order valence-electron chi connectivity index (χ2n) is 5.33. The van der Waals surface area contributed by atoms with Crippen LogP contribution in [0, 0.1) is 0 Å². The number of rotatable bonds is 13. The van der Waals surface area contributed by atoms with Crippen molar-refractivity contribution >= 4 is 36.8 Å². The molecule has 0 unspecified atom stereocenters. The minimum absolute atomic E-state index is 0.862. The smallest absolute Gasteiger partial charge is 0.295 e. The number of nitrogens with zero attached hydrogens (tertiary/aromatic N) is 3. The van der Waals surface area contributed by atoms with Gasteiger partial charge in [0, 0.05) is 28.4 Å². The molecule has 0 N–H and O–H groups in total. The molecular weight excluding hydrogens is 447 g/mol. The van der Waals surface area contributed by atoms with Crippen LogP contribution in [0.15, 0.2) is 60.7 Å². The fourth-order valence-corrected chi connectivity index (χ4v) is 8.50. The van der Waals surface area contributed by atoms with Gasteiger partial charge in [-0.05, 0) is 29.3 Å². The molecule has 0 bridgehead atoms. The maximum atomic E-state index is 5.72. The monoisotopic (exact) mass is 475 g/mol. The topological polar surface area (TPSA) is 65.1 Å². The molecule has 0 spiro atoms. The minimum atomic E-state index is -1.59. The number of benzene rings is 2. The SMILES string of the molecule is CON(OC)P(N(c1ccccc1)P(OC)OC)N(c1ccccc1)P(OC)OC. The summed E-state index contributed by atoms with van der Waals surface area (Å²) in [5.41, 5.74) is 1.72. The molecule has 166 valence electrons. The summed E-state index contributed by atoms with van der Waals surface area (Å²) < 4.78 is 26.8. The average Bonchev–Trinajstić information content (AvgIpc) is 2.81. The Balaban J connectivity index is 2.72. The van der Waals surface area contributed by atoms with Crippen LogP contribution in [0.25, 0.3) is 0 Å². The predicted molar refractivity (Wildman–Crippen MR) is 122 cm³/mol. The van der Waals surface area contributed by atoms with Gasteiger partial charge in [0.1, 0.15) is 0 Å². The third-order valence-electron chi connectivity index (χ3n) is 3.71. The van der Waals surface area contributed by atoms with Crippen molar-refractivity contribution in [1.82, 2.24) is 5.00 Å². The Labute approximate surface area is 182 Å². The van der Waals surface area contributed by atoms with Crippen LogP contribution >= 0.6 is 25.4 Å². The quantitative estimate of drug-likeness (QED) is 0.269. The summed E-state index contributed by atoms with van der Waals surface area (Å²) in [4.78, 5) is 12.6. The van der Waals surface area contributed by atoms with Crippen molar-refractivity contribution in [2.75, 3.05) is 51.5 Å². The van der Waals surface area contributed by atoms with Crippen LogP contribution in [0.2, 0.25) is 0 Å². The summed E-state index contributed by atoms with van der Waals surface area (Å²) in [6.07, 6.45) is 0. The van der Waals surface area contributed by atoms with E-state index in [1.54, 1.807) is 28.4 Å². The van der Waals surface area contributed by atoms with Gasteiger partial charge in [0.2, 0.25) is 8.37 Å². The number of anilines is 2. The molecule has 0 aliphatic rings. The van der Waals surface area contributed by atoms with E-state index in [9.17, 15) is 0 Å². The molecule has 0 aliphatic heterocycles. The molecule has 0 amide bonds. The zero-order valence-electron chi connectivity index (χ0n) is 17.9. The fraction of sp³-hybridized carbons (Fsp3) is 0.333. The van der Waals surface area contributed by atoms with E-state index in [-0.39, 0.29) is 0 Å². The molecule has 2 aromatic carbocycles. The van der Waals surface area contributed by atoms with E-state index < -0.39 is 25.4 Å². The highest BCUT2D eigenvalue weighted by molar-refractivity contribution is 7.79. The van der Waals surface area contributed by atoms with Crippen LogP contribution in [0.4, 0.5) is 11.4 Å². The first-order chi connectivity index (χ1) is 14.7. The lowest BCUT2D eigenvalue weighted by Gasteiger charge is -2.45. The second kappa shape index (κ2) is 13.5. The van der Waals surface area contributed by atoms with Crippen LogP contribution in [0.3, 0.4) is 0 Å². The molecule has 0 atom stereocenters. The second-order valence-corrected chi connectivity index (χ2v) is 10.8. The van der Waals surface area contributed by atoms with E-state index in [4.69, 9.17) is 27.8 Å². The third-order valence-corrected chi connectivity index (χ3v) is 9.63. The maximum absolute atomic E-state index is 5.72. The van der Waals surface area contributed by atoms with Gasteiger partial charge in [0.05, 0.1) is 25.6 Å². The van der Waals surface area contributed by atoms with Gasteiger partial charge >= 0.3 is 0 Å². The van der Waals surface area contributed by atoms with Crippen LogP contribution in [0.5, 0.6) is 0 Å². The lowest BCUT2D eigenvalue weighted by molar-refractivity contribution is -0.269. The van der Waals surface area contributed by atoms with Crippen molar-refractivity contribution in [2.24, 2.45) is 0 Å². The van der Waals surface area contributed by atoms with Crippen molar-refractivity contribution in [3.8, 4) is 0 Å². The molecule has 12 heteroatoms. The Bertz CT molecular complexity index is 653. The summed E-state index contributed by atoms with van der Waals surface area (Å²) in [5, 5.41) is 0. The van der Waals surface area contributed by atoms with Crippen LogP contribution < -0.4 is 8.88 Å². The van der Waals surface area contributed by atoms with Gasteiger partial charge in [0.15, 0.2) is 0 Å². The van der Waals surface area contributed by atoms with E-state index >= 15 is 0 Å². The standard InChI is InChI=1S/C18H28N3O6P3/c1-22-21(23-2)28(19(29(24-3)25-4)17-13-9-7-10-14-17)20(30(26-5)27-6)18-15-11-8-12-16-18/h7-16H,1-6H3. The van der Waals surface area contributed by atoms with Crippen molar-refractivity contribution in [2.45, 2.75) is 0 Å². The molecule has 9 nitrogen and oxygen atoms in total. The van der Waals surface area contributed by atoms with Crippen molar-refractivity contribution < 1.29 is 27.8 Å². The summed E-state index contributed by atoms with van der Waals surface area (Å²) in [5.74, 6) is 0. The predicted octanol–water partition coefficient (Wildman–Crippen LogP) is 5.69. The van der Waals surface area contributed by atoms with Gasteiger partial charge in [-0.1, -0.05) is 36.4 Å². The highest BCUT2D eigenvalue weighted by atomic mass is 31.2. The highest BCUT2D eigenvalue weighted by Crippen LogP contribution is 2.69. The Morgan fingerprint density at radius 1 is 0.533 bits per heavy atom. The van der Waals surface area contributed by atoms with Gasteiger partial charge in [-0.2, -0.15) is 0 Å². The summed E-state index contributed by atoms with van der Waals surface area (Å²) in [6.45, 7) is 0. The first-order valence-corrected chi connectivity index (χ1v) is 12.3. The fourth-order valence-electron chi connectivity index (χ4n) is 2.55. The van der Waals surface area contributed by atoms with Gasteiger partial charge in [-0.3, -0.25) is 9.68 Å². The van der Waals surface area contributed by atoms with Gasteiger partial charge < -0.3 is 18.1 Å². The molecule has 2 rings (SSSR count). The Morgan fingerprint density at radius 3 is 1.13 bits per heavy atom. The molecule has 2 aromatic rings. The normalized spacial score (nSPS) is 11.7. The zero-order chi connectivity index (χ0) is 21.9. The van der Waals surface area contributed by atoms with Gasteiger partial charge in [0.25, 0.3) is 17.1 Å². The van der Waals surface area contributed by atoms with E-state index in [2.05, 4.69) is 0 Å². The van der Waals surface area contributed by atoms with E-state index in [1.165, 1.54) is 19.2 Å². The molecule has 0 saturated heterocycles. The highest BCUT2D eigenvalue weighted by Gasteiger charge is 2.44. The number of hydrogen-bond acceptors (Lipinski definition) is 9. The molecule has 0 heterocycles. The molecule has 30 heavy (non-hydrogen) atoms. The Morgan fingerprint density at radius 2 is 0.867 bits per heavy atom. The molecule has 0 aromatic heterocycles. The molecular formula is C18H28N3O6P3. The third kappa shape index (κ3) is 6.06. The molecule has 0 fully saturated rings. The van der Waals surface area contributed by atoms with Gasteiger partial charge in [-0.15, -0.1) is 0 Å². The Kier molecular flexibility index (Phi) is 11.4. The van der Waals surface area contributed by atoms with E-state index in [0.717, 1.165) is 11.4 Å². The zero-order valence-corrected chi connectivity index (χ0v) is 20.6. The summed E-state index contributed by atoms with van der Waals surface area (Å²) in [6, 6.07) is 19.6. The van der Waals surface area contributed by atoms with Crippen molar-refractivity contribution in [3.05, 3.63) is 60.7 Å². The van der Waals surface area contributed by atoms with Crippen LogP contribution in [-0.4, -0.2) is 47.7 Å². The first kappa shape index (κ1) is 25.3. The van der Waals surface area contributed by atoms with Crippen molar-refractivity contribution in [1.29, 1.82) is 0 Å². The van der Waals surface area contributed by atoms with E-state index in [0.29, 0.717) is 0 Å². The largest absolute Gasteiger partial charge is 0.321 e. The molecule has 0 saturated carbocycles. The minimum Gasteiger partial charge on any atom is -0.321 e. The summed E-state index contributed by atoms with van der Waals surface area (Å²) >= 11 is 0. The lowest BCUT2D eigenvalue weighted by atomic mass is 10.3. The average molecular weight is 475 g/mol. The van der Waals surface area contributed by atoms with E-state index in [1.807, 2.05) is 69.5 Å².